The van der Waals surface area contributed by atoms with Crippen LogP contribution in [0.3, 0.4) is 0 Å². The molecule has 0 atom stereocenters. The van der Waals surface area contributed by atoms with Crippen LogP contribution in [0.1, 0.15) is 6.92 Å². The van der Waals surface area contributed by atoms with Gasteiger partial charge in [0.2, 0.25) is 0 Å². The number of hydrogen-bond acceptors (Lipinski definition) is 2. The lowest BCUT2D eigenvalue weighted by atomic mass is 10.4. The zero-order valence-electron chi connectivity index (χ0n) is 5.05. The highest BCUT2D eigenvalue weighted by atomic mass is 32.2. The van der Waals surface area contributed by atoms with Gasteiger partial charge in [0, 0.05) is 6.54 Å². The van der Waals surface area contributed by atoms with E-state index < -0.39 is 0 Å². The summed E-state index contributed by atoms with van der Waals surface area (Å²) < 4.78 is 0. The lowest BCUT2D eigenvalue weighted by Crippen LogP contribution is -1.98. The van der Waals surface area contributed by atoms with Crippen molar-refractivity contribution in [1.82, 2.24) is 0 Å². The molecule has 0 aliphatic heterocycles. The molecule has 46 valence electrons. The molecule has 0 unspecified atom stereocenters. The van der Waals surface area contributed by atoms with Crippen LogP contribution in [0.15, 0.2) is 23.0 Å². The van der Waals surface area contributed by atoms with Crippen molar-refractivity contribution in [1.29, 1.82) is 0 Å². The zero-order valence-corrected chi connectivity index (χ0v) is 5.87. The number of nitrogens with two attached hydrogens (primary N) is 1. The fourth-order valence-corrected chi connectivity index (χ4v) is 0.637. The van der Waals surface area contributed by atoms with Gasteiger partial charge in [-0.15, -0.1) is 11.8 Å². The molecule has 0 aromatic carbocycles. The van der Waals surface area contributed by atoms with E-state index >= 15 is 0 Å². The summed E-state index contributed by atoms with van der Waals surface area (Å²) in [6.07, 6.45) is 0. The summed E-state index contributed by atoms with van der Waals surface area (Å²) in [6, 6.07) is 0. The van der Waals surface area contributed by atoms with E-state index in [1.54, 1.807) is 17.2 Å². The molecule has 0 rings (SSSR count). The number of thioether (sulfide) groups is 1. The summed E-state index contributed by atoms with van der Waals surface area (Å²) >= 11 is 1.56. The molecule has 0 bridgehead atoms. The molecule has 0 aliphatic rings. The van der Waals surface area contributed by atoms with E-state index in [1.807, 2.05) is 12.3 Å². The highest BCUT2D eigenvalue weighted by Crippen LogP contribution is 2.04. The second kappa shape index (κ2) is 4.94. The second-order valence-corrected chi connectivity index (χ2v) is 2.31. The van der Waals surface area contributed by atoms with Crippen molar-refractivity contribution in [3.05, 3.63) is 23.0 Å². The standard InChI is InChI=1S/C6H11NS/c1-3-8-5-6(2)4-7/h3,5H,1,4,7H2,2H3/b6-5+. The lowest BCUT2D eigenvalue weighted by Gasteiger charge is -1.89. The van der Waals surface area contributed by atoms with E-state index in [2.05, 4.69) is 6.58 Å². The van der Waals surface area contributed by atoms with Crippen LogP contribution in [0.4, 0.5) is 0 Å². The van der Waals surface area contributed by atoms with Gasteiger partial charge < -0.3 is 5.73 Å². The first-order valence-corrected chi connectivity index (χ1v) is 3.37. The van der Waals surface area contributed by atoms with Crippen LogP contribution >= 0.6 is 11.8 Å². The van der Waals surface area contributed by atoms with Gasteiger partial charge in [0.25, 0.3) is 0 Å². The molecule has 2 heteroatoms. The Morgan fingerprint density at radius 1 is 1.88 bits per heavy atom. The van der Waals surface area contributed by atoms with Crippen LogP contribution < -0.4 is 5.73 Å². The summed E-state index contributed by atoms with van der Waals surface area (Å²) in [5.74, 6) is 0. The molecule has 0 saturated heterocycles. The summed E-state index contributed by atoms with van der Waals surface area (Å²) in [5, 5.41) is 3.77. The van der Waals surface area contributed by atoms with Crippen molar-refractivity contribution in [2.45, 2.75) is 6.92 Å². The van der Waals surface area contributed by atoms with Gasteiger partial charge in [-0.05, 0) is 17.7 Å². The van der Waals surface area contributed by atoms with Gasteiger partial charge in [-0.1, -0.05) is 12.2 Å². The van der Waals surface area contributed by atoms with Gasteiger partial charge in [0.05, 0.1) is 0 Å². The first kappa shape index (κ1) is 7.79. The zero-order chi connectivity index (χ0) is 6.41. The fourth-order valence-electron chi connectivity index (χ4n) is 0.212. The molecule has 0 amide bonds. The van der Waals surface area contributed by atoms with E-state index in [4.69, 9.17) is 5.73 Å². The molecular formula is C6H11NS. The minimum absolute atomic E-state index is 0.640. The second-order valence-electron chi connectivity index (χ2n) is 1.47. The third-order valence-electron chi connectivity index (χ3n) is 0.687. The topological polar surface area (TPSA) is 26.0 Å². The Morgan fingerprint density at radius 3 is 2.88 bits per heavy atom. The maximum atomic E-state index is 5.30. The van der Waals surface area contributed by atoms with Crippen molar-refractivity contribution in [2.75, 3.05) is 6.54 Å². The van der Waals surface area contributed by atoms with Crippen molar-refractivity contribution < 1.29 is 0 Å². The van der Waals surface area contributed by atoms with Crippen LogP contribution in [0.5, 0.6) is 0 Å². The van der Waals surface area contributed by atoms with Crippen LogP contribution in [0, 0.1) is 0 Å². The van der Waals surface area contributed by atoms with Gasteiger partial charge in [-0.2, -0.15) is 0 Å². The smallest absolute Gasteiger partial charge is 0.0142 e. The molecule has 0 heterocycles. The van der Waals surface area contributed by atoms with E-state index in [1.165, 1.54) is 5.57 Å². The maximum absolute atomic E-state index is 5.30. The summed E-state index contributed by atoms with van der Waals surface area (Å²) in [6.45, 7) is 6.18. The van der Waals surface area contributed by atoms with Crippen LogP contribution in [-0.4, -0.2) is 6.54 Å². The quantitative estimate of drug-likeness (QED) is 0.628. The molecule has 0 aromatic rings. The van der Waals surface area contributed by atoms with Crippen molar-refractivity contribution in [3.63, 3.8) is 0 Å². The summed E-state index contributed by atoms with van der Waals surface area (Å²) in [5.41, 5.74) is 6.49. The molecule has 0 aliphatic carbocycles. The van der Waals surface area contributed by atoms with Crippen LogP contribution in [-0.2, 0) is 0 Å². The highest BCUT2D eigenvalue weighted by molar-refractivity contribution is 8.04. The van der Waals surface area contributed by atoms with Crippen molar-refractivity contribution >= 4 is 11.8 Å². The maximum Gasteiger partial charge on any atom is 0.0142 e. The van der Waals surface area contributed by atoms with Gasteiger partial charge >= 0.3 is 0 Å². The van der Waals surface area contributed by atoms with E-state index in [9.17, 15) is 0 Å². The third kappa shape index (κ3) is 3.96. The largest absolute Gasteiger partial charge is 0.327 e. The van der Waals surface area contributed by atoms with Crippen LogP contribution in [0.25, 0.3) is 0 Å². The predicted octanol–water partition coefficient (Wildman–Crippen LogP) is 1.73. The Labute approximate surface area is 54.6 Å². The molecular weight excluding hydrogens is 118 g/mol. The van der Waals surface area contributed by atoms with Gasteiger partial charge in [-0.3, -0.25) is 0 Å². The Kier molecular flexibility index (Phi) is 4.81. The Balaban J connectivity index is 3.40. The van der Waals surface area contributed by atoms with Gasteiger partial charge in [0.15, 0.2) is 0 Å². The molecule has 0 saturated carbocycles. The monoisotopic (exact) mass is 129 g/mol. The average molecular weight is 129 g/mol. The Hall–Kier alpha value is -0.210. The minimum Gasteiger partial charge on any atom is -0.327 e. The molecule has 0 spiro atoms. The number of hydrogen-bond donors (Lipinski definition) is 1. The number of rotatable bonds is 3. The fraction of sp³-hybridized carbons (Fsp3) is 0.333. The average Bonchev–Trinajstić information content (AvgIpc) is 1.83. The SMILES string of the molecule is C=CS/C=C(\C)CN. The van der Waals surface area contributed by atoms with E-state index in [-0.39, 0.29) is 0 Å². The summed E-state index contributed by atoms with van der Waals surface area (Å²) in [7, 11) is 0. The first-order valence-electron chi connectivity index (χ1n) is 2.43. The first-order chi connectivity index (χ1) is 3.81. The Morgan fingerprint density at radius 2 is 2.50 bits per heavy atom. The van der Waals surface area contributed by atoms with Crippen molar-refractivity contribution in [2.24, 2.45) is 5.73 Å². The minimum atomic E-state index is 0.640. The van der Waals surface area contributed by atoms with Crippen molar-refractivity contribution in [3.8, 4) is 0 Å². The molecule has 8 heavy (non-hydrogen) atoms. The van der Waals surface area contributed by atoms with E-state index in [0.29, 0.717) is 6.54 Å². The summed E-state index contributed by atoms with van der Waals surface area (Å²) in [4.78, 5) is 0. The lowest BCUT2D eigenvalue weighted by molar-refractivity contribution is 1.15. The van der Waals surface area contributed by atoms with Crippen LogP contribution in [0.2, 0.25) is 0 Å². The molecule has 2 N–H and O–H groups in total. The molecule has 1 nitrogen and oxygen atoms in total. The normalized spacial score (nSPS) is 11.5. The van der Waals surface area contributed by atoms with E-state index in [0.717, 1.165) is 0 Å². The predicted molar refractivity (Wildman–Crippen MR) is 40.6 cm³/mol. The Bertz CT molecular complexity index is 96.7. The highest BCUT2D eigenvalue weighted by Gasteiger charge is 1.78. The van der Waals surface area contributed by atoms with Gasteiger partial charge in [0.1, 0.15) is 0 Å². The molecule has 0 aromatic heterocycles. The molecule has 0 fully saturated rings. The third-order valence-corrected chi connectivity index (χ3v) is 1.42. The van der Waals surface area contributed by atoms with Gasteiger partial charge in [-0.25, -0.2) is 0 Å². The molecule has 0 radical (unpaired) electrons.